The van der Waals surface area contributed by atoms with Crippen molar-refractivity contribution >= 4 is 11.6 Å². The molecular weight excluding hydrogens is 248 g/mol. The lowest BCUT2D eigenvalue weighted by atomic mass is 9.91. The molecule has 0 N–H and O–H groups in total. The van der Waals surface area contributed by atoms with Crippen molar-refractivity contribution in [3.8, 4) is 0 Å². The second-order valence-corrected chi connectivity index (χ2v) is 6.52. The summed E-state index contributed by atoms with van der Waals surface area (Å²) >= 11 is 0. The van der Waals surface area contributed by atoms with Crippen LogP contribution in [0.4, 0.5) is 5.69 Å². The average molecular weight is 274 g/mol. The van der Waals surface area contributed by atoms with E-state index in [1.165, 1.54) is 0 Å². The van der Waals surface area contributed by atoms with Crippen LogP contribution in [-0.4, -0.2) is 17.4 Å². The fourth-order valence-corrected chi connectivity index (χ4v) is 3.09. The molecule has 0 spiro atoms. The molecule has 1 aliphatic heterocycles. The van der Waals surface area contributed by atoms with Gasteiger partial charge in [-0.15, -0.1) is 0 Å². The van der Waals surface area contributed by atoms with Crippen LogP contribution < -0.4 is 4.90 Å². The summed E-state index contributed by atoms with van der Waals surface area (Å²) in [5.41, 5.74) is 3.05. The minimum absolute atomic E-state index is 0.0540. The van der Waals surface area contributed by atoms with Gasteiger partial charge < -0.3 is 4.90 Å². The van der Waals surface area contributed by atoms with Crippen LogP contribution in [0.2, 0.25) is 0 Å². The Hall–Kier alpha value is -1.38. The quantitative estimate of drug-likeness (QED) is 0.835. The van der Waals surface area contributed by atoms with Gasteiger partial charge >= 0.3 is 0 Å². The predicted molar refractivity (Wildman–Crippen MR) is 83.0 cm³/mol. The summed E-state index contributed by atoms with van der Waals surface area (Å²) in [6.07, 6.45) is 2.94. The molecule has 0 saturated carbocycles. The molecule has 0 fully saturated rings. The van der Waals surface area contributed by atoms with Gasteiger partial charge in [-0.05, 0) is 31.9 Å². The van der Waals surface area contributed by atoms with Gasteiger partial charge in [0.2, 0.25) is 5.91 Å². The number of aryl methyl sites for hydroxylation is 1. The molecule has 3 nitrogen and oxygen atoms in total. The largest absolute Gasteiger partial charge is 0.309 e. The van der Waals surface area contributed by atoms with Crippen LogP contribution in [0.5, 0.6) is 0 Å². The average Bonchev–Trinajstić information content (AvgIpc) is 2.67. The molecule has 0 aromatic carbocycles. The highest BCUT2D eigenvalue weighted by Crippen LogP contribution is 2.40. The number of anilines is 1. The minimum atomic E-state index is -0.0540. The van der Waals surface area contributed by atoms with Gasteiger partial charge in [0.25, 0.3) is 0 Å². The monoisotopic (exact) mass is 274 g/mol. The molecule has 20 heavy (non-hydrogen) atoms. The first-order chi connectivity index (χ1) is 9.40. The Morgan fingerprint density at radius 3 is 2.70 bits per heavy atom. The summed E-state index contributed by atoms with van der Waals surface area (Å²) in [4.78, 5) is 19.4. The van der Waals surface area contributed by atoms with Crippen LogP contribution in [0, 0.1) is 12.8 Å². The van der Waals surface area contributed by atoms with Crippen LogP contribution in [0.15, 0.2) is 12.1 Å². The Labute approximate surface area is 122 Å². The third-order valence-corrected chi connectivity index (χ3v) is 4.24. The highest BCUT2D eigenvalue weighted by molar-refractivity contribution is 5.97. The van der Waals surface area contributed by atoms with E-state index >= 15 is 0 Å². The number of hydrogen-bond acceptors (Lipinski definition) is 2. The van der Waals surface area contributed by atoms with Gasteiger partial charge in [-0.2, -0.15) is 0 Å². The molecule has 3 heteroatoms. The van der Waals surface area contributed by atoms with Gasteiger partial charge in [-0.1, -0.05) is 34.1 Å². The number of carbonyl (C=O) groups is 1. The normalized spacial score (nSPS) is 17.9. The summed E-state index contributed by atoms with van der Waals surface area (Å²) in [5.74, 6) is 0.412. The van der Waals surface area contributed by atoms with Crippen molar-refractivity contribution < 1.29 is 4.79 Å². The topological polar surface area (TPSA) is 33.2 Å². The van der Waals surface area contributed by atoms with E-state index in [1.807, 2.05) is 17.9 Å². The predicted octanol–water partition coefficient (Wildman–Crippen LogP) is 3.84. The van der Waals surface area contributed by atoms with Gasteiger partial charge in [-0.3, -0.25) is 9.78 Å². The Morgan fingerprint density at radius 2 is 2.10 bits per heavy atom. The summed E-state index contributed by atoms with van der Waals surface area (Å²) < 4.78 is 0. The van der Waals surface area contributed by atoms with E-state index in [2.05, 4.69) is 38.7 Å². The molecule has 1 aromatic heterocycles. The smallest absolute Gasteiger partial charge is 0.230 e. The molecule has 2 rings (SSSR count). The molecule has 1 aromatic rings. The third-order valence-electron chi connectivity index (χ3n) is 4.24. The molecule has 1 aliphatic rings. The van der Waals surface area contributed by atoms with Crippen LogP contribution in [0.1, 0.15) is 58.3 Å². The minimum Gasteiger partial charge on any atom is -0.309 e. The first-order valence-corrected chi connectivity index (χ1v) is 7.70. The molecule has 2 heterocycles. The summed E-state index contributed by atoms with van der Waals surface area (Å²) in [6.45, 7) is 11.3. The van der Waals surface area contributed by atoms with Gasteiger partial charge in [0.05, 0.1) is 11.4 Å². The Bertz CT molecular complexity index is 508. The van der Waals surface area contributed by atoms with Gasteiger partial charge in [0.15, 0.2) is 0 Å². The molecular formula is C17H26N2O. The zero-order valence-corrected chi connectivity index (χ0v) is 13.4. The maximum Gasteiger partial charge on any atom is 0.230 e. The first-order valence-electron chi connectivity index (χ1n) is 7.70. The molecule has 0 saturated heterocycles. The number of pyridine rings is 1. The highest BCUT2D eigenvalue weighted by atomic mass is 16.2. The molecule has 0 radical (unpaired) electrons. The highest BCUT2D eigenvalue weighted by Gasteiger charge is 2.40. The van der Waals surface area contributed by atoms with Crippen molar-refractivity contribution in [3.63, 3.8) is 0 Å². The van der Waals surface area contributed by atoms with Gasteiger partial charge in [0, 0.05) is 23.6 Å². The summed E-state index contributed by atoms with van der Waals surface area (Å²) in [7, 11) is 0. The molecule has 0 aliphatic carbocycles. The van der Waals surface area contributed by atoms with Crippen molar-refractivity contribution in [1.29, 1.82) is 0 Å². The number of aromatic nitrogens is 1. The Morgan fingerprint density at radius 1 is 1.40 bits per heavy atom. The van der Waals surface area contributed by atoms with Crippen LogP contribution in [0.25, 0.3) is 0 Å². The number of nitrogens with zero attached hydrogens (tertiary/aromatic N) is 2. The van der Waals surface area contributed by atoms with E-state index in [1.54, 1.807) is 0 Å². The maximum absolute atomic E-state index is 12.8. The van der Waals surface area contributed by atoms with Crippen LogP contribution >= 0.6 is 0 Å². The van der Waals surface area contributed by atoms with Crippen LogP contribution in [-0.2, 0) is 10.2 Å². The van der Waals surface area contributed by atoms with Crippen molar-refractivity contribution in [1.82, 2.24) is 4.98 Å². The first kappa shape index (κ1) is 15.0. The zero-order valence-electron chi connectivity index (χ0n) is 13.4. The summed E-state index contributed by atoms with van der Waals surface area (Å²) in [6, 6.07) is 4.06. The molecule has 1 unspecified atom stereocenters. The zero-order chi connectivity index (χ0) is 14.9. The van der Waals surface area contributed by atoms with Crippen molar-refractivity contribution in [2.45, 2.75) is 59.3 Å². The number of fused-ring (bicyclic) bond motifs is 1. The number of rotatable bonds is 4. The van der Waals surface area contributed by atoms with E-state index in [0.717, 1.165) is 42.9 Å². The molecule has 0 bridgehead atoms. The van der Waals surface area contributed by atoms with E-state index in [0.29, 0.717) is 0 Å². The lowest BCUT2D eigenvalue weighted by Crippen LogP contribution is -2.38. The van der Waals surface area contributed by atoms with E-state index in [4.69, 9.17) is 0 Å². The number of carbonyl (C=O) groups excluding carboxylic acids is 1. The Balaban J connectivity index is 2.35. The fraction of sp³-hybridized carbons (Fsp3) is 0.647. The second kappa shape index (κ2) is 5.55. The molecule has 1 amide bonds. The number of amides is 1. The van der Waals surface area contributed by atoms with Crippen molar-refractivity contribution in [2.24, 2.45) is 5.92 Å². The van der Waals surface area contributed by atoms with Gasteiger partial charge in [-0.25, -0.2) is 0 Å². The summed E-state index contributed by atoms with van der Waals surface area (Å²) in [5, 5.41) is 0. The lowest BCUT2D eigenvalue weighted by Gasteiger charge is -2.24. The second-order valence-electron chi connectivity index (χ2n) is 6.52. The van der Waals surface area contributed by atoms with E-state index in [9.17, 15) is 4.79 Å². The van der Waals surface area contributed by atoms with Crippen LogP contribution in [0.3, 0.4) is 0 Å². The fourth-order valence-electron chi connectivity index (χ4n) is 3.09. The standard InChI is InChI=1S/C17H26N2O/c1-6-8-13(7-2)16(20)19-11-17(4,5)15-14(19)10-9-12(3)18-15/h9-10,13H,6-8,11H2,1-5H3. The third kappa shape index (κ3) is 2.58. The maximum atomic E-state index is 12.8. The molecule has 1 atom stereocenters. The lowest BCUT2D eigenvalue weighted by molar-refractivity contribution is -0.122. The van der Waals surface area contributed by atoms with Crippen molar-refractivity contribution in [2.75, 3.05) is 11.4 Å². The number of hydrogen-bond donors (Lipinski definition) is 0. The van der Waals surface area contributed by atoms with Gasteiger partial charge in [0.1, 0.15) is 0 Å². The van der Waals surface area contributed by atoms with E-state index in [-0.39, 0.29) is 17.2 Å². The SMILES string of the molecule is CCCC(CC)C(=O)N1CC(C)(C)c2nc(C)ccc21. The van der Waals surface area contributed by atoms with Crippen molar-refractivity contribution in [3.05, 3.63) is 23.5 Å². The molecule has 110 valence electrons. The Kier molecular flexibility index (Phi) is 4.17. The van der Waals surface area contributed by atoms with E-state index < -0.39 is 0 Å².